The summed E-state index contributed by atoms with van der Waals surface area (Å²) in [6.45, 7) is 3.45. The number of aryl methyl sites for hydroxylation is 1. The molecule has 18 heavy (non-hydrogen) atoms. The number of carbonyl (C=O) groups is 1. The highest BCUT2D eigenvalue weighted by Crippen LogP contribution is 2.45. The molecule has 1 amide bonds. The molecule has 3 heteroatoms. The molecule has 0 saturated heterocycles. The van der Waals surface area contributed by atoms with Gasteiger partial charge in [-0.3, -0.25) is 4.79 Å². The molecule has 1 fully saturated rings. The molecule has 0 unspecified atom stereocenters. The highest BCUT2D eigenvalue weighted by molar-refractivity contribution is 5.98. The number of hydrogen-bond acceptors (Lipinski definition) is 2. The molecule has 3 rings (SSSR count). The van der Waals surface area contributed by atoms with Crippen LogP contribution in [0.25, 0.3) is 0 Å². The molecular weight excluding hydrogens is 226 g/mol. The Kier molecular flexibility index (Phi) is 2.62. The van der Waals surface area contributed by atoms with Crippen molar-refractivity contribution in [2.45, 2.75) is 37.7 Å². The van der Waals surface area contributed by atoms with E-state index in [0.29, 0.717) is 0 Å². The van der Waals surface area contributed by atoms with Crippen LogP contribution in [0.3, 0.4) is 0 Å². The van der Waals surface area contributed by atoms with Crippen LogP contribution in [0, 0.1) is 0 Å². The Hall–Kier alpha value is -1.77. The first-order valence-corrected chi connectivity index (χ1v) is 6.46. The third-order valence-corrected chi connectivity index (χ3v) is 3.95. The predicted octanol–water partition coefficient (Wildman–Crippen LogP) is 3.06. The van der Waals surface area contributed by atoms with Gasteiger partial charge in [-0.1, -0.05) is 6.58 Å². The zero-order valence-electron chi connectivity index (χ0n) is 10.4. The van der Waals surface area contributed by atoms with Crippen LogP contribution in [-0.2, 0) is 11.2 Å². The monoisotopic (exact) mass is 243 g/mol. The minimum absolute atomic E-state index is 0.124. The van der Waals surface area contributed by atoms with Gasteiger partial charge in [0.2, 0.25) is 5.91 Å². The molecular formula is C15H17NO2. The number of benzene rings is 1. The fourth-order valence-electron chi connectivity index (χ4n) is 2.72. The normalized spacial score (nSPS) is 19.3. The van der Waals surface area contributed by atoms with Gasteiger partial charge in [-0.2, -0.15) is 0 Å². The Morgan fingerprint density at radius 3 is 2.89 bits per heavy atom. The van der Waals surface area contributed by atoms with E-state index < -0.39 is 0 Å². The fourth-order valence-corrected chi connectivity index (χ4v) is 2.72. The van der Waals surface area contributed by atoms with Crippen LogP contribution in [0.15, 0.2) is 30.9 Å². The lowest BCUT2D eigenvalue weighted by molar-refractivity contribution is -0.111. The number of anilines is 1. The quantitative estimate of drug-likeness (QED) is 0.811. The van der Waals surface area contributed by atoms with Gasteiger partial charge in [0.05, 0.1) is 0 Å². The summed E-state index contributed by atoms with van der Waals surface area (Å²) in [5.74, 6) is 0.805. The number of amides is 1. The van der Waals surface area contributed by atoms with Crippen molar-refractivity contribution in [1.82, 2.24) is 0 Å². The maximum Gasteiger partial charge on any atom is 0.247 e. The van der Waals surface area contributed by atoms with Crippen molar-refractivity contribution >= 4 is 11.6 Å². The summed E-state index contributed by atoms with van der Waals surface area (Å²) in [6.07, 6.45) is 7.05. The Balaban J connectivity index is 1.80. The SMILES string of the molecule is C=CC(=O)Nc1ccc2c(c1)CCC1(CCC1)O2. The van der Waals surface area contributed by atoms with E-state index in [1.807, 2.05) is 18.2 Å². The first kappa shape index (κ1) is 11.3. The van der Waals surface area contributed by atoms with Gasteiger partial charge in [0.15, 0.2) is 0 Å². The van der Waals surface area contributed by atoms with Crippen LogP contribution in [0.4, 0.5) is 5.69 Å². The smallest absolute Gasteiger partial charge is 0.247 e. The summed E-state index contributed by atoms with van der Waals surface area (Å²) >= 11 is 0. The maximum absolute atomic E-state index is 11.2. The summed E-state index contributed by atoms with van der Waals surface area (Å²) < 4.78 is 6.11. The second kappa shape index (κ2) is 4.16. The van der Waals surface area contributed by atoms with E-state index in [-0.39, 0.29) is 11.5 Å². The van der Waals surface area contributed by atoms with Crippen LogP contribution >= 0.6 is 0 Å². The van der Waals surface area contributed by atoms with E-state index in [2.05, 4.69) is 11.9 Å². The number of carbonyl (C=O) groups excluding carboxylic acids is 1. The number of nitrogens with one attached hydrogen (secondary N) is 1. The van der Waals surface area contributed by atoms with Crippen LogP contribution in [0.2, 0.25) is 0 Å². The lowest BCUT2D eigenvalue weighted by Crippen LogP contribution is -2.45. The van der Waals surface area contributed by atoms with E-state index in [0.717, 1.165) is 24.3 Å². The summed E-state index contributed by atoms with van der Waals surface area (Å²) in [6, 6.07) is 5.85. The van der Waals surface area contributed by atoms with Crippen LogP contribution in [-0.4, -0.2) is 11.5 Å². The molecule has 1 heterocycles. The zero-order chi connectivity index (χ0) is 12.6. The maximum atomic E-state index is 11.2. The summed E-state index contributed by atoms with van der Waals surface area (Å²) in [4.78, 5) is 11.2. The third-order valence-electron chi connectivity index (χ3n) is 3.95. The summed E-state index contributed by atoms with van der Waals surface area (Å²) in [5.41, 5.74) is 2.12. The third kappa shape index (κ3) is 1.90. The molecule has 0 atom stereocenters. The zero-order valence-corrected chi connectivity index (χ0v) is 10.4. The van der Waals surface area contributed by atoms with Crippen molar-refractivity contribution in [2.24, 2.45) is 0 Å². The van der Waals surface area contributed by atoms with Crippen molar-refractivity contribution in [2.75, 3.05) is 5.32 Å². The van der Waals surface area contributed by atoms with Gasteiger partial charge in [-0.05, 0) is 61.9 Å². The molecule has 0 bridgehead atoms. The summed E-state index contributed by atoms with van der Waals surface area (Å²) in [7, 11) is 0. The molecule has 0 aromatic heterocycles. The van der Waals surface area contributed by atoms with Crippen molar-refractivity contribution in [3.63, 3.8) is 0 Å². The number of fused-ring (bicyclic) bond motifs is 1. The Labute approximate surface area is 107 Å². The first-order chi connectivity index (χ1) is 8.71. The van der Waals surface area contributed by atoms with E-state index >= 15 is 0 Å². The van der Waals surface area contributed by atoms with Crippen LogP contribution in [0.1, 0.15) is 31.2 Å². The highest BCUT2D eigenvalue weighted by Gasteiger charge is 2.41. The van der Waals surface area contributed by atoms with E-state index in [9.17, 15) is 4.79 Å². The number of rotatable bonds is 2. The largest absolute Gasteiger partial charge is 0.487 e. The molecule has 1 aromatic rings. The van der Waals surface area contributed by atoms with Crippen molar-refractivity contribution in [3.05, 3.63) is 36.4 Å². The van der Waals surface area contributed by atoms with Crippen molar-refractivity contribution < 1.29 is 9.53 Å². The van der Waals surface area contributed by atoms with E-state index in [1.165, 1.54) is 30.9 Å². The molecule has 2 aliphatic rings. The predicted molar refractivity (Wildman–Crippen MR) is 70.8 cm³/mol. The van der Waals surface area contributed by atoms with E-state index in [1.54, 1.807) is 0 Å². The molecule has 1 aromatic carbocycles. The average Bonchev–Trinajstić information content (AvgIpc) is 2.36. The van der Waals surface area contributed by atoms with Crippen molar-refractivity contribution in [3.8, 4) is 5.75 Å². The molecule has 3 nitrogen and oxygen atoms in total. The second-order valence-electron chi connectivity index (χ2n) is 5.15. The second-order valence-corrected chi connectivity index (χ2v) is 5.15. The fraction of sp³-hybridized carbons (Fsp3) is 0.400. The van der Waals surface area contributed by atoms with Gasteiger partial charge >= 0.3 is 0 Å². The van der Waals surface area contributed by atoms with Gasteiger partial charge in [0.1, 0.15) is 11.4 Å². The lowest BCUT2D eigenvalue weighted by atomic mass is 9.74. The minimum atomic E-state index is -0.179. The Morgan fingerprint density at radius 2 is 2.22 bits per heavy atom. The molecule has 0 radical (unpaired) electrons. The van der Waals surface area contributed by atoms with Gasteiger partial charge in [-0.15, -0.1) is 0 Å². The van der Waals surface area contributed by atoms with Gasteiger partial charge in [0, 0.05) is 5.69 Å². The molecule has 1 aliphatic carbocycles. The molecule has 1 N–H and O–H groups in total. The molecule has 1 aliphatic heterocycles. The number of hydrogen-bond donors (Lipinski definition) is 1. The van der Waals surface area contributed by atoms with Crippen molar-refractivity contribution in [1.29, 1.82) is 0 Å². The average molecular weight is 243 g/mol. The van der Waals surface area contributed by atoms with Gasteiger partial charge in [-0.25, -0.2) is 0 Å². The molecule has 94 valence electrons. The van der Waals surface area contributed by atoms with Gasteiger partial charge in [0.25, 0.3) is 0 Å². The van der Waals surface area contributed by atoms with Crippen LogP contribution in [0.5, 0.6) is 5.75 Å². The number of ether oxygens (including phenoxy) is 1. The first-order valence-electron chi connectivity index (χ1n) is 6.46. The van der Waals surface area contributed by atoms with Crippen LogP contribution < -0.4 is 10.1 Å². The summed E-state index contributed by atoms with van der Waals surface area (Å²) in [5, 5.41) is 2.78. The Morgan fingerprint density at radius 1 is 1.39 bits per heavy atom. The standard InChI is InChI=1S/C15H17NO2/c1-2-14(17)16-12-4-5-13-11(10-12)6-9-15(18-13)7-3-8-15/h2,4-5,10H,1,3,6-9H2,(H,16,17). The molecule has 1 saturated carbocycles. The lowest BCUT2D eigenvalue weighted by Gasteiger charge is -2.45. The van der Waals surface area contributed by atoms with E-state index in [4.69, 9.17) is 4.74 Å². The highest BCUT2D eigenvalue weighted by atomic mass is 16.5. The topological polar surface area (TPSA) is 38.3 Å². The molecule has 1 spiro atoms. The Bertz CT molecular complexity index is 503. The van der Waals surface area contributed by atoms with Gasteiger partial charge < -0.3 is 10.1 Å². The minimum Gasteiger partial charge on any atom is -0.487 e.